The summed E-state index contributed by atoms with van der Waals surface area (Å²) >= 11 is 0. The van der Waals surface area contributed by atoms with Crippen molar-refractivity contribution < 1.29 is 9.53 Å². The van der Waals surface area contributed by atoms with Crippen molar-refractivity contribution >= 4 is 6.03 Å². The van der Waals surface area contributed by atoms with Crippen LogP contribution in [0.25, 0.3) is 0 Å². The summed E-state index contributed by atoms with van der Waals surface area (Å²) in [6.45, 7) is 7.76. The Morgan fingerprint density at radius 1 is 1.27 bits per heavy atom. The minimum atomic E-state index is 0.0580. The number of hydrogen-bond acceptors (Lipinski definition) is 3. The number of nitrogens with zero attached hydrogens (tertiary/aromatic N) is 1. The van der Waals surface area contributed by atoms with E-state index in [4.69, 9.17) is 4.74 Å². The number of carbonyl (C=O) groups excluding carboxylic acids is 1. The number of amides is 2. The van der Waals surface area contributed by atoms with E-state index in [0.29, 0.717) is 19.2 Å². The molecule has 1 aliphatic heterocycles. The molecule has 2 N–H and O–H groups in total. The van der Waals surface area contributed by atoms with Gasteiger partial charge in [-0.1, -0.05) is 18.2 Å². The number of hydrogen-bond donors (Lipinski definition) is 2. The van der Waals surface area contributed by atoms with Crippen LogP contribution in [0.4, 0.5) is 4.79 Å². The molecule has 0 aromatic heterocycles. The molecule has 122 valence electrons. The van der Waals surface area contributed by atoms with Gasteiger partial charge in [0.1, 0.15) is 5.75 Å². The summed E-state index contributed by atoms with van der Waals surface area (Å²) in [5, 5.41) is 6.45. The van der Waals surface area contributed by atoms with Crippen LogP contribution in [-0.2, 0) is 6.54 Å². The van der Waals surface area contributed by atoms with E-state index in [1.807, 2.05) is 36.9 Å². The molecule has 1 heterocycles. The molecule has 1 fully saturated rings. The van der Waals surface area contributed by atoms with Crippen molar-refractivity contribution in [2.45, 2.75) is 39.3 Å². The van der Waals surface area contributed by atoms with Crippen LogP contribution in [0.5, 0.6) is 5.75 Å². The fourth-order valence-electron chi connectivity index (χ4n) is 2.75. The average Bonchev–Trinajstić information content (AvgIpc) is 2.55. The van der Waals surface area contributed by atoms with Crippen LogP contribution in [-0.4, -0.2) is 43.2 Å². The second-order valence-electron chi connectivity index (χ2n) is 5.52. The van der Waals surface area contributed by atoms with Gasteiger partial charge in [0.15, 0.2) is 0 Å². The molecule has 2 amide bonds. The maximum atomic E-state index is 11.8. The number of para-hydroxylation sites is 1. The Bertz CT molecular complexity index is 471. The van der Waals surface area contributed by atoms with Gasteiger partial charge in [-0.25, -0.2) is 4.79 Å². The van der Waals surface area contributed by atoms with Gasteiger partial charge < -0.3 is 20.3 Å². The van der Waals surface area contributed by atoms with Gasteiger partial charge >= 0.3 is 6.03 Å². The topological polar surface area (TPSA) is 53.6 Å². The van der Waals surface area contributed by atoms with Crippen molar-refractivity contribution in [3.8, 4) is 5.75 Å². The standard InChI is InChI=1S/C17H27N3O2/c1-3-18-17(21)20-11-9-15(10-12-20)19-13-14-7-5-6-8-16(14)22-4-2/h5-8,15,19H,3-4,9-13H2,1-2H3,(H,18,21). The van der Waals surface area contributed by atoms with Gasteiger partial charge in [-0.15, -0.1) is 0 Å². The maximum absolute atomic E-state index is 11.8. The summed E-state index contributed by atoms with van der Waals surface area (Å²) in [5.74, 6) is 0.956. The molecule has 2 rings (SSSR count). The lowest BCUT2D eigenvalue weighted by molar-refractivity contribution is 0.176. The summed E-state index contributed by atoms with van der Waals surface area (Å²) < 4.78 is 5.65. The lowest BCUT2D eigenvalue weighted by atomic mass is 10.0. The van der Waals surface area contributed by atoms with Crippen LogP contribution < -0.4 is 15.4 Å². The van der Waals surface area contributed by atoms with Crippen molar-refractivity contribution in [1.29, 1.82) is 0 Å². The first-order valence-electron chi connectivity index (χ1n) is 8.21. The highest BCUT2D eigenvalue weighted by Crippen LogP contribution is 2.19. The molecular weight excluding hydrogens is 278 g/mol. The third-order valence-electron chi connectivity index (χ3n) is 3.96. The highest BCUT2D eigenvalue weighted by Gasteiger charge is 2.22. The highest BCUT2D eigenvalue weighted by atomic mass is 16.5. The summed E-state index contributed by atoms with van der Waals surface area (Å²) in [4.78, 5) is 13.7. The minimum absolute atomic E-state index is 0.0580. The molecule has 1 aromatic rings. The number of ether oxygens (including phenoxy) is 1. The predicted octanol–water partition coefficient (Wildman–Crippen LogP) is 2.37. The molecule has 0 unspecified atom stereocenters. The molecule has 1 aromatic carbocycles. The van der Waals surface area contributed by atoms with E-state index in [9.17, 15) is 4.79 Å². The van der Waals surface area contributed by atoms with E-state index in [0.717, 1.165) is 38.2 Å². The lowest BCUT2D eigenvalue weighted by Gasteiger charge is -2.32. The zero-order valence-corrected chi connectivity index (χ0v) is 13.6. The predicted molar refractivity (Wildman–Crippen MR) is 88.1 cm³/mol. The van der Waals surface area contributed by atoms with E-state index in [1.165, 1.54) is 5.56 Å². The largest absolute Gasteiger partial charge is 0.494 e. The van der Waals surface area contributed by atoms with Crippen LogP contribution in [0.2, 0.25) is 0 Å². The van der Waals surface area contributed by atoms with Crippen LogP contribution in [0.3, 0.4) is 0 Å². The Kier molecular flexibility index (Phi) is 6.52. The van der Waals surface area contributed by atoms with E-state index in [-0.39, 0.29) is 6.03 Å². The summed E-state index contributed by atoms with van der Waals surface area (Å²) in [6.07, 6.45) is 1.99. The number of likely N-dealkylation sites (tertiary alicyclic amines) is 1. The molecule has 22 heavy (non-hydrogen) atoms. The van der Waals surface area contributed by atoms with Gasteiger partial charge in [-0.3, -0.25) is 0 Å². The third kappa shape index (κ3) is 4.63. The van der Waals surface area contributed by atoms with Gasteiger partial charge in [-0.05, 0) is 32.8 Å². The van der Waals surface area contributed by atoms with Gasteiger partial charge in [0.05, 0.1) is 6.61 Å². The van der Waals surface area contributed by atoms with Crippen molar-refractivity contribution in [1.82, 2.24) is 15.5 Å². The normalized spacial score (nSPS) is 15.6. The first-order valence-corrected chi connectivity index (χ1v) is 8.21. The van der Waals surface area contributed by atoms with E-state index >= 15 is 0 Å². The van der Waals surface area contributed by atoms with Crippen LogP contribution in [0.15, 0.2) is 24.3 Å². The molecular formula is C17H27N3O2. The number of nitrogens with one attached hydrogen (secondary N) is 2. The second kappa shape index (κ2) is 8.63. The Morgan fingerprint density at radius 3 is 2.68 bits per heavy atom. The molecule has 0 radical (unpaired) electrons. The van der Waals surface area contributed by atoms with Crippen LogP contribution in [0.1, 0.15) is 32.3 Å². The van der Waals surface area contributed by atoms with Crippen molar-refractivity contribution in [3.05, 3.63) is 29.8 Å². The fourth-order valence-corrected chi connectivity index (χ4v) is 2.75. The molecule has 0 bridgehead atoms. The fraction of sp³-hybridized carbons (Fsp3) is 0.588. The number of urea groups is 1. The SMILES string of the molecule is CCNC(=O)N1CCC(NCc2ccccc2OCC)CC1. The van der Waals surface area contributed by atoms with E-state index < -0.39 is 0 Å². The molecule has 0 atom stereocenters. The monoisotopic (exact) mass is 305 g/mol. The van der Waals surface area contributed by atoms with E-state index in [2.05, 4.69) is 16.7 Å². The van der Waals surface area contributed by atoms with Crippen molar-refractivity contribution in [2.75, 3.05) is 26.2 Å². The van der Waals surface area contributed by atoms with Gasteiger partial charge in [-0.2, -0.15) is 0 Å². The molecule has 5 nitrogen and oxygen atoms in total. The van der Waals surface area contributed by atoms with E-state index in [1.54, 1.807) is 0 Å². The lowest BCUT2D eigenvalue weighted by Crippen LogP contribution is -2.48. The first kappa shape index (κ1) is 16.6. The Labute approximate surface area is 133 Å². The summed E-state index contributed by atoms with van der Waals surface area (Å²) in [6, 6.07) is 8.67. The molecule has 1 saturated heterocycles. The van der Waals surface area contributed by atoms with Gasteiger partial charge in [0.25, 0.3) is 0 Å². The zero-order chi connectivity index (χ0) is 15.8. The van der Waals surface area contributed by atoms with Gasteiger partial charge in [0, 0.05) is 37.8 Å². The molecule has 0 spiro atoms. The number of benzene rings is 1. The van der Waals surface area contributed by atoms with Crippen molar-refractivity contribution in [2.24, 2.45) is 0 Å². The average molecular weight is 305 g/mol. The number of carbonyl (C=O) groups is 1. The molecule has 0 aliphatic carbocycles. The maximum Gasteiger partial charge on any atom is 0.317 e. The zero-order valence-electron chi connectivity index (χ0n) is 13.6. The highest BCUT2D eigenvalue weighted by molar-refractivity contribution is 5.74. The van der Waals surface area contributed by atoms with Crippen LogP contribution >= 0.6 is 0 Å². The molecule has 0 saturated carbocycles. The Morgan fingerprint density at radius 2 is 2.00 bits per heavy atom. The Hall–Kier alpha value is -1.75. The minimum Gasteiger partial charge on any atom is -0.494 e. The van der Waals surface area contributed by atoms with Crippen LogP contribution in [0, 0.1) is 0 Å². The summed E-state index contributed by atoms with van der Waals surface area (Å²) in [7, 11) is 0. The summed E-state index contributed by atoms with van der Waals surface area (Å²) in [5.41, 5.74) is 1.19. The smallest absolute Gasteiger partial charge is 0.317 e. The second-order valence-corrected chi connectivity index (χ2v) is 5.52. The Balaban J connectivity index is 1.78. The third-order valence-corrected chi connectivity index (χ3v) is 3.96. The number of piperidine rings is 1. The number of rotatable bonds is 6. The quantitative estimate of drug-likeness (QED) is 0.848. The first-order chi connectivity index (χ1) is 10.7. The van der Waals surface area contributed by atoms with Gasteiger partial charge in [0.2, 0.25) is 0 Å². The van der Waals surface area contributed by atoms with Crippen molar-refractivity contribution in [3.63, 3.8) is 0 Å². The molecule has 5 heteroatoms. The molecule has 1 aliphatic rings.